The van der Waals surface area contributed by atoms with E-state index in [0.29, 0.717) is 12.0 Å². The molecule has 0 saturated heterocycles. The number of hydrogen-bond acceptors (Lipinski definition) is 3. The van der Waals surface area contributed by atoms with Crippen molar-refractivity contribution >= 4 is 27.9 Å². The van der Waals surface area contributed by atoms with Crippen LogP contribution in [0.2, 0.25) is 0 Å². The number of carbonyl (C=O) groups excluding carboxylic acids is 1. The molecule has 0 spiro atoms. The minimum Gasteiger partial charge on any atom is -0.298 e. The van der Waals surface area contributed by atoms with Gasteiger partial charge >= 0.3 is 0 Å². The van der Waals surface area contributed by atoms with Crippen LogP contribution in [0.1, 0.15) is 21.7 Å². The first-order chi connectivity index (χ1) is 9.28. The zero-order valence-corrected chi connectivity index (χ0v) is 11.5. The fraction of sp³-hybridized carbons (Fsp3) is 0.0714. The second-order valence-electron chi connectivity index (χ2n) is 4.19. The minimum absolute atomic E-state index is 0.612. The highest BCUT2D eigenvalue weighted by molar-refractivity contribution is 9.10. The Hall–Kier alpha value is -2.01. The molecule has 0 bridgehead atoms. The molecule has 0 unspecified atom stereocenters. The molecular weight excluding hydrogens is 306 g/mol. The van der Waals surface area contributed by atoms with Crippen molar-refractivity contribution in [3.05, 3.63) is 64.0 Å². The molecule has 0 N–H and O–H groups in total. The number of pyridine rings is 1. The molecule has 2 aromatic heterocycles. The van der Waals surface area contributed by atoms with Crippen LogP contribution in [-0.4, -0.2) is 20.9 Å². The third-order valence-corrected chi connectivity index (χ3v) is 3.71. The molecule has 0 radical (unpaired) electrons. The monoisotopic (exact) mass is 315 g/mol. The lowest BCUT2D eigenvalue weighted by molar-refractivity contribution is 0.112. The Labute approximate surface area is 118 Å². The summed E-state index contributed by atoms with van der Waals surface area (Å²) in [4.78, 5) is 10.8. The molecule has 3 rings (SSSR count). The van der Waals surface area contributed by atoms with Crippen LogP contribution in [-0.2, 0) is 6.42 Å². The summed E-state index contributed by atoms with van der Waals surface area (Å²) in [6.07, 6.45) is 3.24. The molecule has 4 nitrogen and oxygen atoms in total. The van der Waals surface area contributed by atoms with Crippen LogP contribution >= 0.6 is 15.9 Å². The van der Waals surface area contributed by atoms with Gasteiger partial charge in [0, 0.05) is 22.7 Å². The summed E-state index contributed by atoms with van der Waals surface area (Å²) >= 11 is 3.52. The third-order valence-electron chi connectivity index (χ3n) is 2.94. The minimum atomic E-state index is 0.612. The maximum atomic E-state index is 10.8. The van der Waals surface area contributed by atoms with Crippen LogP contribution in [0.4, 0.5) is 0 Å². The number of aromatic nitrogens is 3. The fourth-order valence-electron chi connectivity index (χ4n) is 1.96. The normalized spacial score (nSPS) is 10.8. The maximum absolute atomic E-state index is 10.8. The molecule has 2 heterocycles. The molecule has 94 valence electrons. The number of fused-ring (bicyclic) bond motifs is 1. The average molecular weight is 316 g/mol. The van der Waals surface area contributed by atoms with Crippen LogP contribution in [0.3, 0.4) is 0 Å². The van der Waals surface area contributed by atoms with E-state index in [1.165, 1.54) is 0 Å². The highest BCUT2D eigenvalue weighted by Crippen LogP contribution is 2.19. The number of nitrogens with zero attached hydrogens (tertiary/aromatic N) is 3. The van der Waals surface area contributed by atoms with Gasteiger partial charge in [-0.1, -0.05) is 34.1 Å². The van der Waals surface area contributed by atoms with Gasteiger partial charge in [-0.25, -0.2) is 0 Å². The zero-order valence-electron chi connectivity index (χ0n) is 9.95. The molecule has 1 aromatic carbocycles. The molecule has 0 saturated carbocycles. The van der Waals surface area contributed by atoms with E-state index in [9.17, 15) is 4.79 Å². The molecular formula is C14H10BrN3O. The zero-order chi connectivity index (χ0) is 13.2. The van der Waals surface area contributed by atoms with E-state index in [-0.39, 0.29) is 0 Å². The molecule has 0 aliphatic carbocycles. The van der Waals surface area contributed by atoms with E-state index in [2.05, 4.69) is 26.1 Å². The van der Waals surface area contributed by atoms with Crippen molar-refractivity contribution in [3.63, 3.8) is 0 Å². The summed E-state index contributed by atoms with van der Waals surface area (Å²) in [7, 11) is 0. The quantitative estimate of drug-likeness (QED) is 0.698. The topological polar surface area (TPSA) is 47.3 Å². The molecule has 0 aliphatic rings. The Balaban J connectivity index is 2.06. The fourth-order valence-corrected chi connectivity index (χ4v) is 2.38. The van der Waals surface area contributed by atoms with Gasteiger partial charge in [-0.05, 0) is 23.8 Å². The van der Waals surface area contributed by atoms with E-state index >= 15 is 0 Å². The van der Waals surface area contributed by atoms with Crippen LogP contribution < -0.4 is 0 Å². The molecule has 3 aromatic rings. The summed E-state index contributed by atoms with van der Waals surface area (Å²) in [5, 5.41) is 8.28. The first-order valence-electron chi connectivity index (χ1n) is 5.80. The van der Waals surface area contributed by atoms with Crippen LogP contribution in [0.25, 0.3) is 5.65 Å². The number of benzene rings is 1. The number of carbonyl (C=O) groups is 1. The van der Waals surface area contributed by atoms with Gasteiger partial charge < -0.3 is 0 Å². The van der Waals surface area contributed by atoms with Gasteiger partial charge in [-0.15, -0.1) is 10.2 Å². The van der Waals surface area contributed by atoms with Gasteiger partial charge in [0.2, 0.25) is 0 Å². The Kier molecular flexibility index (Phi) is 3.13. The van der Waals surface area contributed by atoms with Gasteiger partial charge in [0.1, 0.15) is 5.82 Å². The third kappa shape index (κ3) is 2.29. The highest BCUT2D eigenvalue weighted by Gasteiger charge is 2.08. The first-order valence-corrected chi connectivity index (χ1v) is 6.59. The summed E-state index contributed by atoms with van der Waals surface area (Å²) < 4.78 is 2.89. The Morgan fingerprint density at radius 1 is 1.16 bits per heavy atom. The predicted octanol–water partition coefficient (Wildman–Crippen LogP) is 2.90. The van der Waals surface area contributed by atoms with Gasteiger partial charge in [-0.2, -0.15) is 0 Å². The van der Waals surface area contributed by atoms with E-state index in [1.807, 2.05) is 28.7 Å². The Bertz CT molecular complexity index is 751. The molecule has 0 aliphatic heterocycles. The lowest BCUT2D eigenvalue weighted by atomic mass is 10.1. The molecule has 0 atom stereocenters. The first kappa shape index (κ1) is 12.0. The van der Waals surface area contributed by atoms with Crippen molar-refractivity contribution < 1.29 is 4.79 Å². The van der Waals surface area contributed by atoms with Crippen LogP contribution in [0.15, 0.2) is 47.1 Å². The summed E-state index contributed by atoms with van der Waals surface area (Å²) in [6, 6.07) is 11.5. The van der Waals surface area contributed by atoms with Gasteiger partial charge in [0.05, 0.1) is 0 Å². The maximum Gasteiger partial charge on any atom is 0.160 e. The van der Waals surface area contributed by atoms with E-state index in [4.69, 9.17) is 0 Å². The van der Waals surface area contributed by atoms with Crippen molar-refractivity contribution in [2.45, 2.75) is 6.42 Å². The van der Waals surface area contributed by atoms with Crippen molar-refractivity contribution in [1.82, 2.24) is 14.6 Å². The molecule has 0 amide bonds. The Morgan fingerprint density at radius 3 is 2.79 bits per heavy atom. The smallest absolute Gasteiger partial charge is 0.160 e. The highest BCUT2D eigenvalue weighted by atomic mass is 79.9. The average Bonchev–Trinajstić information content (AvgIpc) is 2.84. The predicted molar refractivity (Wildman–Crippen MR) is 75.3 cm³/mol. The van der Waals surface area contributed by atoms with Crippen LogP contribution in [0.5, 0.6) is 0 Å². The van der Waals surface area contributed by atoms with Crippen molar-refractivity contribution in [1.29, 1.82) is 0 Å². The van der Waals surface area contributed by atoms with Crippen LogP contribution in [0, 0.1) is 0 Å². The summed E-state index contributed by atoms with van der Waals surface area (Å²) in [5.74, 6) is 0.811. The van der Waals surface area contributed by atoms with E-state index in [0.717, 1.165) is 27.8 Å². The molecule has 5 heteroatoms. The number of hydrogen-bond donors (Lipinski definition) is 0. The molecule has 0 fully saturated rings. The summed E-state index contributed by atoms with van der Waals surface area (Å²) in [6.45, 7) is 0. The second-order valence-corrected chi connectivity index (χ2v) is 5.05. The van der Waals surface area contributed by atoms with E-state index in [1.54, 1.807) is 18.3 Å². The van der Waals surface area contributed by atoms with Crippen molar-refractivity contribution in [3.8, 4) is 0 Å². The van der Waals surface area contributed by atoms with Crippen molar-refractivity contribution in [2.75, 3.05) is 0 Å². The Morgan fingerprint density at radius 2 is 2.00 bits per heavy atom. The van der Waals surface area contributed by atoms with Crippen molar-refractivity contribution in [2.24, 2.45) is 0 Å². The summed E-state index contributed by atoms with van der Waals surface area (Å²) in [5.41, 5.74) is 2.49. The number of halogens is 1. The number of aldehydes is 1. The number of rotatable bonds is 3. The van der Waals surface area contributed by atoms with E-state index < -0.39 is 0 Å². The van der Waals surface area contributed by atoms with Gasteiger partial charge in [0.15, 0.2) is 11.9 Å². The lowest BCUT2D eigenvalue weighted by Gasteiger charge is -2.03. The largest absolute Gasteiger partial charge is 0.298 e. The van der Waals surface area contributed by atoms with Gasteiger partial charge in [0.25, 0.3) is 0 Å². The molecule has 19 heavy (non-hydrogen) atoms. The second kappa shape index (κ2) is 4.93. The SMILES string of the molecule is O=Cc1ccc2nnc(Cc3ccccc3Br)n2c1. The standard InChI is InChI=1S/C14H10BrN3O/c15-12-4-2-1-3-11(12)7-14-17-16-13-6-5-10(9-19)8-18(13)14/h1-6,8-9H,7H2. The lowest BCUT2D eigenvalue weighted by Crippen LogP contribution is -1.98. The van der Waals surface area contributed by atoms with Gasteiger partial charge in [-0.3, -0.25) is 9.20 Å².